The molecule has 5 rings (SSSR count). The zero-order chi connectivity index (χ0) is 19.8. The van der Waals surface area contributed by atoms with Crippen molar-refractivity contribution >= 4 is 11.6 Å². The fourth-order valence-corrected chi connectivity index (χ4v) is 5.44. The third kappa shape index (κ3) is 3.37. The summed E-state index contributed by atoms with van der Waals surface area (Å²) >= 11 is 0. The highest BCUT2D eigenvalue weighted by molar-refractivity contribution is 6.00. The molecule has 1 aliphatic carbocycles. The van der Waals surface area contributed by atoms with Gasteiger partial charge in [-0.05, 0) is 49.3 Å². The van der Waals surface area contributed by atoms with Crippen LogP contribution in [-0.2, 0) is 0 Å². The summed E-state index contributed by atoms with van der Waals surface area (Å²) in [4.78, 5) is 15.6. The maximum absolute atomic E-state index is 13.5. The number of anilines is 1. The summed E-state index contributed by atoms with van der Waals surface area (Å²) < 4.78 is 0. The zero-order valence-corrected chi connectivity index (χ0v) is 17.2. The summed E-state index contributed by atoms with van der Waals surface area (Å²) in [5.74, 6) is 1.08. The Kier molecular flexibility index (Phi) is 4.91. The van der Waals surface area contributed by atoms with E-state index in [4.69, 9.17) is 0 Å². The first-order valence-corrected chi connectivity index (χ1v) is 11.1. The van der Waals surface area contributed by atoms with Crippen LogP contribution in [0.15, 0.2) is 54.6 Å². The average molecular weight is 387 g/mol. The number of carbonyl (C=O) groups is 1. The van der Waals surface area contributed by atoms with Gasteiger partial charge in [0, 0.05) is 19.0 Å². The highest BCUT2D eigenvalue weighted by Gasteiger charge is 2.39. The first-order chi connectivity index (χ1) is 14.2. The molecule has 29 heavy (non-hydrogen) atoms. The maximum Gasteiger partial charge on any atom is 0.255 e. The van der Waals surface area contributed by atoms with Crippen molar-refractivity contribution < 1.29 is 4.79 Å². The van der Waals surface area contributed by atoms with Gasteiger partial charge in [0.1, 0.15) is 0 Å². The molecule has 1 amide bonds. The van der Waals surface area contributed by atoms with Crippen LogP contribution in [0.1, 0.15) is 71.1 Å². The van der Waals surface area contributed by atoms with E-state index in [0.29, 0.717) is 11.8 Å². The number of amides is 1. The number of hydrogen-bond donors (Lipinski definition) is 1. The minimum Gasteiger partial charge on any atom is -0.377 e. The lowest BCUT2D eigenvalue weighted by Gasteiger charge is -2.39. The second kappa shape index (κ2) is 7.70. The highest BCUT2D eigenvalue weighted by atomic mass is 16.2. The number of likely N-dealkylation sites (tertiary alicyclic amines) is 1. The number of fused-ring (bicyclic) bond motifs is 3. The highest BCUT2D eigenvalue weighted by Crippen LogP contribution is 2.50. The van der Waals surface area contributed by atoms with Crippen molar-refractivity contribution in [1.29, 1.82) is 0 Å². The van der Waals surface area contributed by atoms with Gasteiger partial charge in [-0.1, -0.05) is 67.0 Å². The van der Waals surface area contributed by atoms with Gasteiger partial charge in [0.25, 0.3) is 5.91 Å². The second-order valence-corrected chi connectivity index (χ2v) is 8.87. The molecule has 3 atom stereocenters. The minimum atomic E-state index is 0.194. The molecule has 3 nitrogen and oxygen atoms in total. The average Bonchev–Trinajstić information content (AvgIpc) is 3.08. The van der Waals surface area contributed by atoms with Crippen molar-refractivity contribution in [3.05, 3.63) is 76.9 Å². The molecule has 3 aliphatic rings. The molecule has 0 bridgehead atoms. The molecule has 150 valence electrons. The molecule has 1 fully saturated rings. The van der Waals surface area contributed by atoms with Gasteiger partial charge in [0.2, 0.25) is 0 Å². The van der Waals surface area contributed by atoms with Gasteiger partial charge in [-0.15, -0.1) is 0 Å². The molecule has 3 heteroatoms. The van der Waals surface area contributed by atoms with Crippen LogP contribution in [0.5, 0.6) is 0 Å². The van der Waals surface area contributed by atoms with Crippen LogP contribution in [0.3, 0.4) is 0 Å². The monoisotopic (exact) mass is 386 g/mol. The normalized spacial score (nSPS) is 25.7. The molecule has 2 aromatic rings. The molecule has 1 saturated heterocycles. The zero-order valence-electron chi connectivity index (χ0n) is 17.2. The molecule has 0 aromatic heterocycles. The molecule has 2 aliphatic heterocycles. The second-order valence-electron chi connectivity index (χ2n) is 8.87. The van der Waals surface area contributed by atoms with Crippen LogP contribution >= 0.6 is 0 Å². The van der Waals surface area contributed by atoms with E-state index in [9.17, 15) is 4.79 Å². The van der Waals surface area contributed by atoms with Crippen molar-refractivity contribution in [1.82, 2.24) is 4.90 Å². The number of aryl methyl sites for hydroxylation is 1. The van der Waals surface area contributed by atoms with E-state index in [2.05, 4.69) is 65.7 Å². The Hall–Kier alpha value is -2.55. The van der Waals surface area contributed by atoms with Crippen molar-refractivity contribution in [2.45, 2.75) is 51.0 Å². The largest absolute Gasteiger partial charge is 0.377 e. The van der Waals surface area contributed by atoms with E-state index in [0.717, 1.165) is 43.6 Å². The van der Waals surface area contributed by atoms with Gasteiger partial charge in [-0.3, -0.25) is 4.79 Å². The van der Waals surface area contributed by atoms with E-state index < -0.39 is 0 Å². The predicted molar refractivity (Wildman–Crippen MR) is 118 cm³/mol. The third-order valence-electron chi connectivity index (χ3n) is 6.92. The fraction of sp³-hybridized carbons (Fsp3) is 0.423. The van der Waals surface area contributed by atoms with Gasteiger partial charge in [0.15, 0.2) is 0 Å². The molecule has 0 spiro atoms. The summed E-state index contributed by atoms with van der Waals surface area (Å²) in [5.41, 5.74) is 5.80. The smallest absolute Gasteiger partial charge is 0.255 e. The third-order valence-corrected chi connectivity index (χ3v) is 6.92. The summed E-state index contributed by atoms with van der Waals surface area (Å²) in [6, 6.07) is 15.4. The lowest BCUT2D eigenvalue weighted by Crippen LogP contribution is -2.35. The first kappa shape index (κ1) is 18.5. The fourth-order valence-electron chi connectivity index (χ4n) is 5.44. The summed E-state index contributed by atoms with van der Waals surface area (Å²) in [6.45, 7) is 3.92. The van der Waals surface area contributed by atoms with Crippen LogP contribution in [0.25, 0.3) is 0 Å². The molecule has 0 saturated carbocycles. The van der Waals surface area contributed by atoms with Crippen LogP contribution < -0.4 is 5.32 Å². The lowest BCUT2D eigenvalue weighted by atomic mass is 9.76. The topological polar surface area (TPSA) is 32.3 Å². The van der Waals surface area contributed by atoms with E-state index in [-0.39, 0.29) is 11.9 Å². The number of carbonyl (C=O) groups excluding carboxylic acids is 1. The Bertz CT molecular complexity index is 939. The molecular formula is C26H30N2O. The number of para-hydroxylation sites is 1. The van der Waals surface area contributed by atoms with E-state index >= 15 is 0 Å². The van der Waals surface area contributed by atoms with E-state index in [1.807, 2.05) is 6.07 Å². The first-order valence-electron chi connectivity index (χ1n) is 11.1. The van der Waals surface area contributed by atoms with Crippen LogP contribution in [0.2, 0.25) is 0 Å². The van der Waals surface area contributed by atoms with Gasteiger partial charge in [0.05, 0.1) is 17.3 Å². The minimum absolute atomic E-state index is 0.194. The number of nitrogens with one attached hydrogen (secondary N) is 1. The van der Waals surface area contributed by atoms with Gasteiger partial charge >= 0.3 is 0 Å². The number of nitrogens with zero attached hydrogens (tertiary/aromatic N) is 1. The number of hydrogen-bond acceptors (Lipinski definition) is 2. The lowest BCUT2D eigenvalue weighted by molar-refractivity contribution is 0.0762. The van der Waals surface area contributed by atoms with E-state index in [1.165, 1.54) is 29.5 Å². The van der Waals surface area contributed by atoms with Crippen LogP contribution in [-0.4, -0.2) is 23.9 Å². The van der Waals surface area contributed by atoms with Crippen LogP contribution in [0.4, 0.5) is 5.69 Å². The van der Waals surface area contributed by atoms with Gasteiger partial charge < -0.3 is 10.2 Å². The maximum atomic E-state index is 13.5. The molecule has 0 radical (unpaired) electrons. The predicted octanol–water partition coefficient (Wildman–Crippen LogP) is 5.84. The van der Waals surface area contributed by atoms with E-state index in [1.54, 1.807) is 0 Å². The molecule has 2 heterocycles. The molecule has 3 unspecified atom stereocenters. The van der Waals surface area contributed by atoms with Gasteiger partial charge in [-0.2, -0.15) is 0 Å². The van der Waals surface area contributed by atoms with Crippen molar-refractivity contribution in [3.8, 4) is 0 Å². The Balaban J connectivity index is 1.54. The molecule has 1 N–H and O–H groups in total. The Morgan fingerprint density at radius 3 is 2.62 bits per heavy atom. The van der Waals surface area contributed by atoms with Crippen molar-refractivity contribution in [3.63, 3.8) is 0 Å². The Morgan fingerprint density at radius 2 is 1.83 bits per heavy atom. The van der Waals surface area contributed by atoms with Gasteiger partial charge in [-0.25, -0.2) is 0 Å². The molecular weight excluding hydrogens is 356 g/mol. The standard InChI is InChI=1S/C26H30N2O/c1-18-9-6-10-19(17-18)24-21-12-7-11-20(21)22-13-8-14-23(25(22)27-24)26(29)28-15-4-2-3-5-16-28/h6-11,13-14,17,20-21,24,27H,2-5,12,15-16H2,1H3. The quantitative estimate of drug-likeness (QED) is 0.658. The number of allylic oxidation sites excluding steroid dienone is 2. The Morgan fingerprint density at radius 1 is 1.03 bits per heavy atom. The van der Waals surface area contributed by atoms with Crippen molar-refractivity contribution in [2.75, 3.05) is 18.4 Å². The Labute approximate surface area is 173 Å². The summed E-state index contributed by atoms with van der Waals surface area (Å²) in [6.07, 6.45) is 10.5. The number of rotatable bonds is 2. The summed E-state index contributed by atoms with van der Waals surface area (Å²) in [5, 5.41) is 3.83. The van der Waals surface area contributed by atoms with Crippen molar-refractivity contribution in [2.24, 2.45) is 5.92 Å². The van der Waals surface area contributed by atoms with Crippen LogP contribution in [0, 0.1) is 12.8 Å². The number of benzene rings is 2. The SMILES string of the molecule is Cc1cccc(C2Nc3c(C(=O)N4CCCCCC4)cccc3C3C=CCC32)c1. The summed E-state index contributed by atoms with van der Waals surface area (Å²) in [7, 11) is 0. The molecule has 2 aromatic carbocycles.